The highest BCUT2D eigenvalue weighted by atomic mass is 16.5. The number of ether oxygens (including phenoxy) is 2. The van der Waals surface area contributed by atoms with Crippen LogP contribution in [0.3, 0.4) is 0 Å². The second kappa shape index (κ2) is 7.52. The molecule has 6 nitrogen and oxygen atoms in total. The Hall–Kier alpha value is -3.28. The first kappa shape index (κ1) is 18.7. The molecule has 2 atom stereocenters. The number of hydrogen-bond acceptors (Lipinski definition) is 4. The lowest BCUT2D eigenvalue weighted by atomic mass is 9.98. The van der Waals surface area contributed by atoms with Crippen molar-refractivity contribution in [3.63, 3.8) is 0 Å². The Morgan fingerprint density at radius 1 is 1.07 bits per heavy atom. The zero-order chi connectivity index (χ0) is 20.7. The maximum Gasteiger partial charge on any atom is 0.227 e. The largest absolute Gasteiger partial charge is 0.497 e. The van der Waals surface area contributed by atoms with E-state index in [1.54, 1.807) is 14.2 Å². The van der Waals surface area contributed by atoms with Gasteiger partial charge in [-0.2, -0.15) is 5.10 Å². The summed E-state index contributed by atoms with van der Waals surface area (Å²) in [5, 5.41) is 4.67. The standard InChI is InChI=1S/C24H25N3O3/c1-29-19-10-7-17(8-11-19)27-22-14-18-9-12-21(20(22)15-25-27)26(18)24(28)13-16-5-3-4-6-23(16)30-2/h3-8,10-11,15,18,21H,9,12-14H2,1-2H3/t18-,21+/m0/s1. The van der Waals surface area contributed by atoms with Crippen LogP contribution in [-0.2, 0) is 17.6 Å². The van der Waals surface area contributed by atoms with Gasteiger partial charge >= 0.3 is 0 Å². The van der Waals surface area contributed by atoms with Gasteiger partial charge in [0.05, 0.1) is 44.3 Å². The number of para-hydroxylation sites is 1. The van der Waals surface area contributed by atoms with E-state index in [1.165, 1.54) is 11.3 Å². The lowest BCUT2D eigenvalue weighted by molar-refractivity contribution is -0.134. The lowest BCUT2D eigenvalue weighted by Crippen LogP contribution is -2.42. The molecule has 0 N–H and O–H groups in total. The molecule has 154 valence electrons. The van der Waals surface area contributed by atoms with Crippen LogP contribution in [0.15, 0.2) is 54.7 Å². The summed E-state index contributed by atoms with van der Waals surface area (Å²) >= 11 is 0. The van der Waals surface area contributed by atoms with Crippen molar-refractivity contribution in [2.75, 3.05) is 14.2 Å². The van der Waals surface area contributed by atoms with E-state index < -0.39 is 0 Å². The summed E-state index contributed by atoms with van der Waals surface area (Å²) in [7, 11) is 3.31. The highest BCUT2D eigenvalue weighted by molar-refractivity contribution is 5.81. The molecule has 1 aromatic heterocycles. The fraction of sp³-hybridized carbons (Fsp3) is 0.333. The molecule has 1 fully saturated rings. The van der Waals surface area contributed by atoms with Crippen molar-refractivity contribution in [2.45, 2.75) is 37.8 Å². The molecule has 1 saturated heterocycles. The number of benzene rings is 2. The van der Waals surface area contributed by atoms with Crippen molar-refractivity contribution >= 4 is 5.91 Å². The van der Waals surface area contributed by atoms with Gasteiger partial charge in [-0.05, 0) is 43.2 Å². The van der Waals surface area contributed by atoms with Gasteiger partial charge in [0.1, 0.15) is 11.5 Å². The first-order chi connectivity index (χ1) is 14.7. The van der Waals surface area contributed by atoms with E-state index in [1.807, 2.05) is 59.4 Å². The number of carbonyl (C=O) groups excluding carboxylic acids is 1. The number of amides is 1. The summed E-state index contributed by atoms with van der Waals surface area (Å²) in [5.41, 5.74) is 4.34. The molecule has 30 heavy (non-hydrogen) atoms. The Bertz CT molecular complexity index is 1070. The van der Waals surface area contributed by atoms with Gasteiger partial charge < -0.3 is 14.4 Å². The fourth-order valence-corrected chi connectivity index (χ4v) is 4.91. The van der Waals surface area contributed by atoms with Crippen molar-refractivity contribution in [1.29, 1.82) is 0 Å². The van der Waals surface area contributed by atoms with Crippen molar-refractivity contribution in [1.82, 2.24) is 14.7 Å². The molecule has 1 amide bonds. The Balaban J connectivity index is 1.42. The minimum atomic E-state index is 0.105. The van der Waals surface area contributed by atoms with E-state index in [9.17, 15) is 4.79 Å². The molecule has 2 aliphatic rings. The molecule has 0 spiro atoms. The van der Waals surface area contributed by atoms with Gasteiger partial charge in [0, 0.05) is 23.6 Å². The molecule has 3 heterocycles. The summed E-state index contributed by atoms with van der Waals surface area (Å²) in [6.45, 7) is 0. The average Bonchev–Trinajstić information content (AvgIpc) is 3.35. The van der Waals surface area contributed by atoms with Gasteiger partial charge in [-0.3, -0.25) is 4.79 Å². The van der Waals surface area contributed by atoms with Crippen LogP contribution in [0.25, 0.3) is 5.69 Å². The number of rotatable bonds is 5. The molecule has 0 saturated carbocycles. The quantitative estimate of drug-likeness (QED) is 0.652. The van der Waals surface area contributed by atoms with Crippen LogP contribution in [0.5, 0.6) is 11.5 Å². The van der Waals surface area contributed by atoms with Crippen LogP contribution in [0.1, 0.15) is 35.7 Å². The summed E-state index contributed by atoms with van der Waals surface area (Å²) in [6, 6.07) is 16.0. The average molecular weight is 403 g/mol. The topological polar surface area (TPSA) is 56.6 Å². The third-order valence-corrected chi connectivity index (χ3v) is 6.33. The molecule has 0 radical (unpaired) electrons. The van der Waals surface area contributed by atoms with Crippen LogP contribution in [0, 0.1) is 0 Å². The van der Waals surface area contributed by atoms with E-state index in [0.29, 0.717) is 6.42 Å². The van der Waals surface area contributed by atoms with Crippen molar-refractivity contribution in [3.8, 4) is 17.2 Å². The van der Waals surface area contributed by atoms with E-state index in [2.05, 4.69) is 10.00 Å². The Labute approximate surface area is 176 Å². The van der Waals surface area contributed by atoms with Gasteiger partial charge in [0.15, 0.2) is 0 Å². The third kappa shape index (κ3) is 3.03. The van der Waals surface area contributed by atoms with Gasteiger partial charge in [-0.25, -0.2) is 4.68 Å². The molecule has 2 bridgehead atoms. The second-order valence-corrected chi connectivity index (χ2v) is 7.90. The van der Waals surface area contributed by atoms with Crippen LogP contribution >= 0.6 is 0 Å². The molecule has 2 aromatic carbocycles. The minimum absolute atomic E-state index is 0.105. The normalized spacial score (nSPS) is 19.5. The number of nitrogens with zero attached hydrogens (tertiary/aromatic N) is 3. The van der Waals surface area contributed by atoms with Crippen LogP contribution in [0.4, 0.5) is 0 Å². The number of aromatic nitrogens is 2. The molecule has 5 rings (SSSR count). The van der Waals surface area contributed by atoms with Gasteiger partial charge in [0.2, 0.25) is 5.91 Å². The molecule has 6 heteroatoms. The highest BCUT2D eigenvalue weighted by Crippen LogP contribution is 2.44. The molecule has 0 unspecified atom stereocenters. The maximum absolute atomic E-state index is 13.3. The molecular weight excluding hydrogens is 378 g/mol. The molecule has 0 aliphatic carbocycles. The second-order valence-electron chi connectivity index (χ2n) is 7.90. The Morgan fingerprint density at radius 2 is 1.87 bits per heavy atom. The predicted octanol–water partition coefficient (Wildman–Crippen LogP) is 3.72. The zero-order valence-electron chi connectivity index (χ0n) is 17.2. The van der Waals surface area contributed by atoms with E-state index >= 15 is 0 Å². The molecule has 3 aromatic rings. The summed E-state index contributed by atoms with van der Waals surface area (Å²) in [5.74, 6) is 1.76. The number of carbonyl (C=O) groups is 1. The van der Waals surface area contributed by atoms with Crippen molar-refractivity contribution in [3.05, 3.63) is 71.5 Å². The molecular formula is C24H25N3O3. The summed E-state index contributed by atoms with van der Waals surface area (Å²) < 4.78 is 12.7. The number of methoxy groups -OCH3 is 2. The zero-order valence-corrected chi connectivity index (χ0v) is 17.2. The first-order valence-electron chi connectivity index (χ1n) is 10.3. The lowest BCUT2D eigenvalue weighted by Gasteiger charge is -2.35. The predicted molar refractivity (Wildman–Crippen MR) is 113 cm³/mol. The van der Waals surface area contributed by atoms with Crippen molar-refractivity contribution in [2.24, 2.45) is 0 Å². The van der Waals surface area contributed by atoms with Crippen molar-refractivity contribution < 1.29 is 14.3 Å². The van der Waals surface area contributed by atoms with Crippen LogP contribution in [0.2, 0.25) is 0 Å². The number of fused-ring (bicyclic) bond motifs is 4. The Kier molecular flexibility index (Phi) is 4.69. The number of hydrogen-bond donors (Lipinski definition) is 0. The van der Waals surface area contributed by atoms with Crippen LogP contribution in [-0.4, -0.2) is 40.8 Å². The first-order valence-corrected chi connectivity index (χ1v) is 10.3. The third-order valence-electron chi connectivity index (χ3n) is 6.33. The van der Waals surface area contributed by atoms with E-state index in [4.69, 9.17) is 9.47 Å². The molecule has 2 aliphatic heterocycles. The Morgan fingerprint density at radius 3 is 2.63 bits per heavy atom. The van der Waals surface area contributed by atoms with Crippen LogP contribution < -0.4 is 9.47 Å². The fourth-order valence-electron chi connectivity index (χ4n) is 4.91. The van der Waals surface area contributed by atoms with E-state index in [-0.39, 0.29) is 18.0 Å². The summed E-state index contributed by atoms with van der Waals surface area (Å²) in [6.07, 6.45) is 5.15. The van der Waals surface area contributed by atoms with Gasteiger partial charge in [-0.15, -0.1) is 0 Å². The highest BCUT2D eigenvalue weighted by Gasteiger charge is 2.44. The smallest absolute Gasteiger partial charge is 0.227 e. The van der Waals surface area contributed by atoms with Gasteiger partial charge in [0.25, 0.3) is 0 Å². The van der Waals surface area contributed by atoms with E-state index in [0.717, 1.165) is 42.0 Å². The maximum atomic E-state index is 13.3. The SMILES string of the molecule is COc1ccc(-n2ncc3c2C[C@@H]2CC[C@H]3N2C(=O)Cc2ccccc2OC)cc1. The monoisotopic (exact) mass is 403 g/mol. The summed E-state index contributed by atoms with van der Waals surface area (Å²) in [4.78, 5) is 15.4. The minimum Gasteiger partial charge on any atom is -0.497 e. The van der Waals surface area contributed by atoms with Gasteiger partial charge in [-0.1, -0.05) is 18.2 Å².